The van der Waals surface area contributed by atoms with E-state index < -0.39 is 5.25 Å². The predicted molar refractivity (Wildman–Crippen MR) is 174 cm³/mol. The van der Waals surface area contributed by atoms with Gasteiger partial charge in [-0.25, -0.2) is 5.43 Å². The summed E-state index contributed by atoms with van der Waals surface area (Å²) in [6, 6.07) is 32.5. The highest BCUT2D eigenvalue weighted by atomic mass is 32.2. The average Bonchev–Trinajstić information content (AvgIpc) is 3.43. The summed E-state index contributed by atoms with van der Waals surface area (Å²) in [4.78, 5) is 15.2. The van der Waals surface area contributed by atoms with Gasteiger partial charge in [0.1, 0.15) is 0 Å². The second kappa shape index (κ2) is 13.8. The van der Waals surface area contributed by atoms with E-state index in [0.717, 1.165) is 41.2 Å². The van der Waals surface area contributed by atoms with Crippen molar-refractivity contribution < 1.29 is 4.79 Å². The van der Waals surface area contributed by atoms with Crippen LogP contribution in [0.1, 0.15) is 32.2 Å². The Kier molecular flexibility index (Phi) is 9.51. The normalized spacial score (nSPS) is 12.0. The number of amides is 1. The Labute approximate surface area is 250 Å². The summed E-state index contributed by atoms with van der Waals surface area (Å²) >= 11 is 1.34. The van der Waals surface area contributed by atoms with Crippen LogP contribution in [-0.4, -0.2) is 45.2 Å². The Morgan fingerprint density at radius 3 is 2.40 bits per heavy atom. The topological polar surface area (TPSA) is 87.4 Å². The van der Waals surface area contributed by atoms with Crippen LogP contribution in [0.4, 0.5) is 11.4 Å². The minimum Gasteiger partial charge on any atom is -0.377 e. The number of hydrazone groups is 1. The van der Waals surface area contributed by atoms with Gasteiger partial charge in [0.15, 0.2) is 11.0 Å². The molecule has 0 aliphatic carbocycles. The zero-order valence-corrected chi connectivity index (χ0v) is 24.9. The molecule has 1 heterocycles. The number of fused-ring (bicyclic) bond motifs is 1. The fourth-order valence-corrected chi connectivity index (χ4v) is 5.59. The van der Waals surface area contributed by atoms with Crippen LogP contribution in [0.5, 0.6) is 0 Å². The monoisotopic (exact) mass is 577 g/mol. The van der Waals surface area contributed by atoms with Gasteiger partial charge in [-0.3, -0.25) is 9.36 Å². The standard InChI is InChI=1S/C33H35N7OS/c1-4-39(5-2)27-20-18-25(19-21-27)22-35-37-32(41)24(3)42-33-38-36-31(40(33)28-14-7-6-8-15-28)23-34-30-17-11-13-26-12-9-10-16-29(26)30/h6-22,24,34H,4-5,23H2,1-3H3,(H,37,41). The molecule has 42 heavy (non-hydrogen) atoms. The molecule has 0 saturated heterocycles. The summed E-state index contributed by atoms with van der Waals surface area (Å²) in [6.45, 7) is 8.49. The van der Waals surface area contributed by atoms with Crippen molar-refractivity contribution in [3.63, 3.8) is 0 Å². The number of hydrogen-bond donors (Lipinski definition) is 2. The molecule has 0 aliphatic rings. The van der Waals surface area contributed by atoms with Gasteiger partial charge in [-0.15, -0.1) is 10.2 Å². The Balaban J connectivity index is 1.27. The van der Waals surface area contributed by atoms with Gasteiger partial charge < -0.3 is 10.2 Å². The third kappa shape index (κ3) is 6.80. The lowest BCUT2D eigenvalue weighted by Crippen LogP contribution is -2.27. The highest BCUT2D eigenvalue weighted by Gasteiger charge is 2.21. The molecule has 4 aromatic carbocycles. The SMILES string of the molecule is CCN(CC)c1ccc(C=NNC(=O)C(C)Sc2nnc(CNc3cccc4ccccc34)n2-c2ccccc2)cc1. The number of benzene rings is 4. The third-order valence-corrected chi connectivity index (χ3v) is 8.05. The molecule has 0 aliphatic heterocycles. The molecule has 8 nitrogen and oxygen atoms in total. The number of carbonyl (C=O) groups is 1. The fourth-order valence-electron chi connectivity index (χ4n) is 4.71. The molecule has 0 fully saturated rings. The van der Waals surface area contributed by atoms with Crippen LogP contribution in [0.25, 0.3) is 16.5 Å². The van der Waals surface area contributed by atoms with Crippen molar-refractivity contribution in [1.29, 1.82) is 0 Å². The molecule has 0 spiro atoms. The molecular weight excluding hydrogens is 542 g/mol. The van der Waals surface area contributed by atoms with E-state index in [1.807, 2.05) is 72.2 Å². The summed E-state index contributed by atoms with van der Waals surface area (Å²) in [6.07, 6.45) is 1.66. The molecule has 1 amide bonds. The number of para-hydroxylation sites is 1. The van der Waals surface area contributed by atoms with Crippen molar-refractivity contribution in [1.82, 2.24) is 20.2 Å². The number of nitrogens with zero attached hydrogens (tertiary/aromatic N) is 5. The summed E-state index contributed by atoms with van der Waals surface area (Å²) < 4.78 is 1.99. The van der Waals surface area contributed by atoms with Crippen molar-refractivity contribution in [2.24, 2.45) is 5.10 Å². The molecule has 5 aromatic rings. The quantitative estimate of drug-likeness (QED) is 0.0999. The Bertz CT molecular complexity index is 1640. The maximum Gasteiger partial charge on any atom is 0.253 e. The molecule has 1 atom stereocenters. The third-order valence-electron chi connectivity index (χ3n) is 7.00. The highest BCUT2D eigenvalue weighted by Crippen LogP contribution is 2.28. The van der Waals surface area contributed by atoms with Gasteiger partial charge in [-0.1, -0.05) is 78.5 Å². The first kappa shape index (κ1) is 28.9. The smallest absolute Gasteiger partial charge is 0.253 e. The van der Waals surface area contributed by atoms with Crippen molar-refractivity contribution in [3.05, 3.63) is 108 Å². The van der Waals surface area contributed by atoms with Crippen LogP contribution in [0.3, 0.4) is 0 Å². The molecule has 5 rings (SSSR count). The van der Waals surface area contributed by atoms with Gasteiger partial charge in [0, 0.05) is 35.5 Å². The van der Waals surface area contributed by atoms with Crippen LogP contribution in [0, 0.1) is 0 Å². The van der Waals surface area contributed by atoms with Gasteiger partial charge >= 0.3 is 0 Å². The number of thioether (sulfide) groups is 1. The summed E-state index contributed by atoms with van der Waals surface area (Å²) in [5.41, 5.74) is 6.71. The number of aromatic nitrogens is 3. The van der Waals surface area contributed by atoms with Gasteiger partial charge in [0.25, 0.3) is 5.91 Å². The molecule has 0 bridgehead atoms. The van der Waals surface area contributed by atoms with Crippen molar-refractivity contribution >= 4 is 46.0 Å². The fraction of sp³-hybridized carbons (Fsp3) is 0.212. The van der Waals surface area contributed by atoms with Gasteiger partial charge in [-0.05, 0) is 62.1 Å². The maximum absolute atomic E-state index is 12.9. The van der Waals surface area contributed by atoms with Gasteiger partial charge in [0.05, 0.1) is 18.0 Å². The van der Waals surface area contributed by atoms with Crippen LogP contribution < -0.4 is 15.6 Å². The maximum atomic E-state index is 12.9. The van der Waals surface area contributed by atoms with E-state index in [2.05, 4.69) is 81.2 Å². The molecular formula is C33H35N7OS. The van der Waals surface area contributed by atoms with E-state index in [9.17, 15) is 4.79 Å². The number of hydrogen-bond acceptors (Lipinski definition) is 7. The van der Waals surface area contributed by atoms with Crippen LogP contribution in [-0.2, 0) is 11.3 Å². The Hall–Kier alpha value is -4.63. The lowest BCUT2D eigenvalue weighted by molar-refractivity contribution is -0.120. The van der Waals surface area contributed by atoms with E-state index in [1.54, 1.807) is 6.21 Å². The second-order valence-corrected chi connectivity index (χ2v) is 11.0. The molecule has 1 unspecified atom stereocenters. The van der Waals surface area contributed by atoms with Crippen LogP contribution >= 0.6 is 11.8 Å². The molecule has 2 N–H and O–H groups in total. The number of rotatable bonds is 12. The minimum atomic E-state index is -0.447. The zero-order valence-electron chi connectivity index (χ0n) is 24.1. The largest absolute Gasteiger partial charge is 0.377 e. The van der Waals surface area contributed by atoms with Crippen LogP contribution in [0.15, 0.2) is 107 Å². The number of carbonyl (C=O) groups excluding carboxylic acids is 1. The first-order valence-corrected chi connectivity index (χ1v) is 15.0. The number of nitrogens with one attached hydrogen (secondary N) is 2. The molecule has 0 saturated carbocycles. The summed E-state index contributed by atoms with van der Waals surface area (Å²) in [5, 5.41) is 19.2. The highest BCUT2D eigenvalue weighted by molar-refractivity contribution is 8.00. The lowest BCUT2D eigenvalue weighted by Gasteiger charge is -2.20. The van der Waals surface area contributed by atoms with Crippen molar-refractivity contribution in [2.45, 2.75) is 37.7 Å². The van der Waals surface area contributed by atoms with Crippen molar-refractivity contribution in [2.75, 3.05) is 23.3 Å². The predicted octanol–water partition coefficient (Wildman–Crippen LogP) is 6.51. The average molecular weight is 578 g/mol. The molecule has 0 radical (unpaired) electrons. The first-order chi connectivity index (χ1) is 20.6. The van der Waals surface area contributed by atoms with Crippen LogP contribution in [0.2, 0.25) is 0 Å². The first-order valence-electron chi connectivity index (χ1n) is 14.1. The second-order valence-electron chi connectivity index (χ2n) is 9.71. The Morgan fingerprint density at radius 1 is 0.929 bits per heavy atom. The molecule has 1 aromatic heterocycles. The summed E-state index contributed by atoms with van der Waals surface area (Å²) in [7, 11) is 0. The minimum absolute atomic E-state index is 0.214. The summed E-state index contributed by atoms with van der Waals surface area (Å²) in [5.74, 6) is 0.532. The lowest BCUT2D eigenvalue weighted by atomic mass is 10.1. The van der Waals surface area contributed by atoms with Gasteiger partial charge in [0.2, 0.25) is 0 Å². The van der Waals surface area contributed by atoms with E-state index >= 15 is 0 Å². The van der Waals surface area contributed by atoms with E-state index in [4.69, 9.17) is 0 Å². The van der Waals surface area contributed by atoms with E-state index in [0.29, 0.717) is 11.7 Å². The Morgan fingerprint density at radius 2 is 1.64 bits per heavy atom. The zero-order chi connectivity index (χ0) is 29.3. The molecule has 214 valence electrons. The van der Waals surface area contributed by atoms with E-state index in [1.165, 1.54) is 22.8 Å². The van der Waals surface area contributed by atoms with Crippen molar-refractivity contribution in [3.8, 4) is 5.69 Å². The molecule has 9 heteroatoms. The van der Waals surface area contributed by atoms with E-state index in [-0.39, 0.29) is 5.91 Å². The van der Waals surface area contributed by atoms with Gasteiger partial charge in [-0.2, -0.15) is 5.10 Å². The number of anilines is 2.